The number of aromatic nitrogens is 2. The number of oxime groups is 2. The Kier molecular flexibility index (Phi) is 8.31. The number of rotatable bonds is 8. The molecule has 2 aromatic rings. The average molecular weight is 507 g/mol. The van der Waals surface area contributed by atoms with E-state index in [1.165, 1.54) is 6.92 Å². The molecule has 2 heterocycles. The molecule has 11 heteroatoms. The molecule has 0 aliphatic heterocycles. The first-order valence-electron chi connectivity index (χ1n) is 11.4. The molecule has 0 fully saturated rings. The number of aryl methyl sites for hydroxylation is 2. The van der Waals surface area contributed by atoms with Crippen molar-refractivity contribution >= 4 is 17.4 Å². The number of halogens is 3. The van der Waals surface area contributed by atoms with Crippen LogP contribution >= 0.6 is 0 Å². The molecular weight excluding hydrogens is 477 g/mol. The van der Waals surface area contributed by atoms with E-state index in [-0.39, 0.29) is 30.2 Å². The summed E-state index contributed by atoms with van der Waals surface area (Å²) in [5.41, 5.74) is 1.63. The summed E-state index contributed by atoms with van der Waals surface area (Å²) in [5, 5.41) is 8.20. The Morgan fingerprint density at radius 2 is 1.78 bits per heavy atom. The number of ether oxygens (including phenoxy) is 1. The third kappa shape index (κ3) is 6.79. The molecule has 1 aliphatic carbocycles. The zero-order chi connectivity index (χ0) is 26.5. The van der Waals surface area contributed by atoms with Gasteiger partial charge >= 0.3 is 12.1 Å². The fraction of sp³-hybridized carbons (Fsp3) is 0.480. The molecule has 1 aliphatic rings. The molecule has 0 aromatic carbocycles. The minimum absolute atomic E-state index is 0.00119. The minimum atomic E-state index is -4.68. The van der Waals surface area contributed by atoms with E-state index in [0.29, 0.717) is 6.07 Å². The van der Waals surface area contributed by atoms with E-state index in [4.69, 9.17) is 9.68 Å². The third-order valence-corrected chi connectivity index (χ3v) is 5.47. The van der Waals surface area contributed by atoms with Gasteiger partial charge in [-0.3, -0.25) is 4.98 Å². The van der Waals surface area contributed by atoms with E-state index < -0.39 is 23.3 Å². The van der Waals surface area contributed by atoms with Crippen LogP contribution in [-0.4, -0.2) is 47.7 Å². The van der Waals surface area contributed by atoms with Gasteiger partial charge in [-0.15, -0.1) is 0 Å². The lowest BCUT2D eigenvalue weighted by atomic mass is 9.94. The second kappa shape index (κ2) is 11.0. The second-order valence-corrected chi connectivity index (χ2v) is 9.32. The number of hydrogen-bond donors (Lipinski definition) is 0. The zero-order valence-electron chi connectivity index (χ0n) is 20.9. The van der Waals surface area contributed by atoms with Gasteiger partial charge in [-0.1, -0.05) is 30.2 Å². The lowest BCUT2D eigenvalue weighted by Crippen LogP contribution is -2.25. The molecule has 0 N–H and O–H groups in total. The van der Waals surface area contributed by atoms with Crippen molar-refractivity contribution in [1.29, 1.82) is 0 Å². The molecule has 0 amide bonds. The Morgan fingerprint density at radius 1 is 1.06 bits per heavy atom. The molecule has 0 atom stereocenters. The molecule has 0 bridgehead atoms. The van der Waals surface area contributed by atoms with Crippen molar-refractivity contribution in [3.05, 3.63) is 58.2 Å². The number of alkyl halides is 3. The molecule has 8 nitrogen and oxygen atoms in total. The lowest BCUT2D eigenvalue weighted by Gasteiger charge is -2.22. The number of carbonyl (C=O) groups excluding carboxylic acids is 1. The normalized spacial score (nSPS) is 15.4. The topological polar surface area (TPSA) is 95.3 Å². The maximum absolute atomic E-state index is 13.1. The summed E-state index contributed by atoms with van der Waals surface area (Å²) in [6, 6.07) is 5.77. The summed E-state index contributed by atoms with van der Waals surface area (Å²) >= 11 is 0. The first-order valence-corrected chi connectivity index (χ1v) is 11.4. The van der Waals surface area contributed by atoms with E-state index in [1.807, 2.05) is 26.8 Å². The van der Waals surface area contributed by atoms with Crippen LogP contribution in [0, 0.1) is 12.3 Å². The smallest absolute Gasteiger partial charge is 0.433 e. The summed E-state index contributed by atoms with van der Waals surface area (Å²) in [5.74, 6) is -0.831. The number of nitrogens with zero attached hydrogens (tertiary/aromatic N) is 4. The highest BCUT2D eigenvalue weighted by Crippen LogP contribution is 2.29. The van der Waals surface area contributed by atoms with Crippen molar-refractivity contribution in [2.75, 3.05) is 20.3 Å². The molecule has 36 heavy (non-hydrogen) atoms. The average Bonchev–Trinajstić information content (AvgIpc) is 2.82. The van der Waals surface area contributed by atoms with Gasteiger partial charge in [0.2, 0.25) is 0 Å². The van der Waals surface area contributed by atoms with Crippen LogP contribution in [0.5, 0.6) is 0 Å². The number of esters is 1. The number of pyridine rings is 2. The minimum Gasteiger partial charge on any atom is -0.465 e. The summed E-state index contributed by atoms with van der Waals surface area (Å²) < 4.78 is 44.0. The van der Waals surface area contributed by atoms with Gasteiger partial charge in [0.25, 0.3) is 0 Å². The van der Waals surface area contributed by atoms with Gasteiger partial charge < -0.3 is 14.4 Å². The molecule has 0 unspecified atom stereocenters. The quantitative estimate of drug-likeness (QED) is 0.280. The zero-order valence-corrected chi connectivity index (χ0v) is 20.9. The predicted octanol–water partition coefficient (Wildman–Crippen LogP) is 5.11. The summed E-state index contributed by atoms with van der Waals surface area (Å²) in [6.07, 6.45) is -1.98. The van der Waals surface area contributed by atoms with Crippen LogP contribution in [0.4, 0.5) is 13.2 Å². The Balaban J connectivity index is 1.67. The molecule has 0 radical (unpaired) electrons. The Morgan fingerprint density at radius 3 is 2.47 bits per heavy atom. The largest absolute Gasteiger partial charge is 0.465 e. The first kappa shape index (κ1) is 27.1. The van der Waals surface area contributed by atoms with Crippen molar-refractivity contribution in [3.63, 3.8) is 0 Å². The van der Waals surface area contributed by atoms with Crippen LogP contribution in [0.1, 0.15) is 72.3 Å². The maximum Gasteiger partial charge on any atom is 0.433 e. The fourth-order valence-corrected chi connectivity index (χ4v) is 3.53. The second-order valence-electron chi connectivity index (χ2n) is 9.32. The highest BCUT2D eigenvalue weighted by molar-refractivity contribution is 6.06. The number of fused-ring (bicyclic) bond motifs is 1. The molecule has 2 aromatic heterocycles. The van der Waals surface area contributed by atoms with Crippen molar-refractivity contribution in [3.8, 4) is 0 Å². The van der Waals surface area contributed by atoms with Crippen molar-refractivity contribution in [2.45, 2.75) is 53.1 Å². The van der Waals surface area contributed by atoms with Gasteiger partial charge in [-0.25, -0.2) is 9.78 Å². The van der Waals surface area contributed by atoms with Crippen LogP contribution in [-0.2, 0) is 27.0 Å². The van der Waals surface area contributed by atoms with Gasteiger partial charge in [0, 0.05) is 11.1 Å². The van der Waals surface area contributed by atoms with Crippen molar-refractivity contribution in [2.24, 2.45) is 15.7 Å². The van der Waals surface area contributed by atoms with E-state index in [2.05, 4.69) is 31.1 Å². The maximum atomic E-state index is 13.1. The SMILES string of the molecule is COC(=O)c1ccc(C(F)(F)F)nc1C(C)=NOCC(C)(C)CON=C1CCCc2ccc(C)nc21. The Hall–Kier alpha value is -3.50. The molecule has 0 saturated heterocycles. The van der Waals surface area contributed by atoms with Crippen LogP contribution in [0.25, 0.3) is 0 Å². The highest BCUT2D eigenvalue weighted by atomic mass is 19.4. The Labute approximate surface area is 207 Å². The molecular formula is C25H29F3N4O4. The van der Waals surface area contributed by atoms with Gasteiger partial charge in [-0.05, 0) is 56.9 Å². The van der Waals surface area contributed by atoms with Crippen LogP contribution in [0.3, 0.4) is 0 Å². The monoisotopic (exact) mass is 506 g/mol. The molecule has 3 rings (SSSR count). The van der Waals surface area contributed by atoms with Gasteiger partial charge in [-0.2, -0.15) is 13.2 Å². The molecule has 194 valence electrons. The van der Waals surface area contributed by atoms with E-state index >= 15 is 0 Å². The predicted molar refractivity (Wildman–Crippen MR) is 127 cm³/mol. The molecule has 0 spiro atoms. The number of methoxy groups -OCH3 is 1. The van der Waals surface area contributed by atoms with Gasteiger partial charge in [0.05, 0.1) is 18.4 Å². The van der Waals surface area contributed by atoms with Crippen LogP contribution in [0.2, 0.25) is 0 Å². The number of hydrogen-bond acceptors (Lipinski definition) is 8. The summed E-state index contributed by atoms with van der Waals surface area (Å²) in [4.78, 5) is 31.2. The first-order chi connectivity index (χ1) is 16.9. The Bertz CT molecular complexity index is 1180. The van der Waals surface area contributed by atoms with Crippen molar-refractivity contribution < 1.29 is 32.4 Å². The van der Waals surface area contributed by atoms with E-state index in [1.54, 1.807) is 0 Å². The third-order valence-electron chi connectivity index (χ3n) is 5.47. The summed E-state index contributed by atoms with van der Waals surface area (Å²) in [7, 11) is 1.13. The van der Waals surface area contributed by atoms with E-state index in [9.17, 15) is 18.0 Å². The van der Waals surface area contributed by atoms with Gasteiger partial charge in [0.1, 0.15) is 36.0 Å². The van der Waals surface area contributed by atoms with Crippen LogP contribution < -0.4 is 0 Å². The highest BCUT2D eigenvalue weighted by Gasteiger charge is 2.34. The van der Waals surface area contributed by atoms with Gasteiger partial charge in [0.15, 0.2) is 0 Å². The summed E-state index contributed by atoms with van der Waals surface area (Å²) in [6.45, 7) is 7.37. The lowest BCUT2D eigenvalue weighted by molar-refractivity contribution is -0.141. The van der Waals surface area contributed by atoms with E-state index in [0.717, 1.165) is 55.1 Å². The molecule has 0 saturated carbocycles. The van der Waals surface area contributed by atoms with Crippen LogP contribution in [0.15, 0.2) is 34.6 Å². The number of carbonyl (C=O) groups is 1. The standard InChI is InChI=1S/C25H29F3N4O4/c1-15-9-10-17-7-6-8-19(22(17)29-15)32-36-14-24(3,4)13-35-31-16(2)21-18(23(33)34-5)11-12-20(30-21)25(26,27)28/h9-12H,6-8,13-14H2,1-5H3. The fourth-order valence-electron chi connectivity index (χ4n) is 3.53. The van der Waals surface area contributed by atoms with Crippen molar-refractivity contribution in [1.82, 2.24) is 9.97 Å².